The van der Waals surface area contributed by atoms with Gasteiger partial charge in [0.15, 0.2) is 5.82 Å². The van der Waals surface area contributed by atoms with Gasteiger partial charge in [-0.2, -0.15) is 0 Å². The number of hydrogen-bond donors (Lipinski definition) is 1. The number of halogens is 1. The van der Waals surface area contributed by atoms with Crippen LogP contribution in [0.5, 0.6) is 0 Å². The van der Waals surface area contributed by atoms with Crippen molar-refractivity contribution in [3.05, 3.63) is 24.0 Å². The summed E-state index contributed by atoms with van der Waals surface area (Å²) in [5.74, 6) is 0.221. The van der Waals surface area contributed by atoms with Crippen LogP contribution in [-0.4, -0.2) is 20.2 Å². The third-order valence-electron chi connectivity index (χ3n) is 3.42. The minimum Gasteiger partial charge on any atom is -0.398 e. The highest BCUT2D eigenvalue weighted by Gasteiger charge is 2.23. The summed E-state index contributed by atoms with van der Waals surface area (Å²) >= 11 is 0. The van der Waals surface area contributed by atoms with E-state index in [4.69, 9.17) is 5.73 Å². The second-order valence-electron chi connectivity index (χ2n) is 4.62. The molecule has 0 spiro atoms. The molecule has 3 rings (SSSR count). The average Bonchev–Trinajstić information content (AvgIpc) is 3.00. The lowest BCUT2D eigenvalue weighted by Crippen LogP contribution is -2.09. The number of benzene rings is 1. The van der Waals surface area contributed by atoms with Crippen LogP contribution in [0.1, 0.15) is 31.7 Å². The van der Waals surface area contributed by atoms with Crippen LogP contribution >= 0.6 is 0 Å². The molecule has 1 aliphatic rings. The van der Waals surface area contributed by atoms with Crippen molar-refractivity contribution >= 4 is 5.69 Å². The van der Waals surface area contributed by atoms with Gasteiger partial charge < -0.3 is 5.73 Å². The second kappa shape index (κ2) is 4.36. The zero-order valence-electron chi connectivity index (χ0n) is 9.88. The lowest BCUT2D eigenvalue weighted by Gasteiger charge is -2.12. The van der Waals surface area contributed by atoms with E-state index in [-0.39, 0.29) is 5.82 Å². The molecule has 6 heteroatoms. The number of aromatic nitrogens is 4. The number of nitrogen functional groups attached to an aromatic ring is 1. The topological polar surface area (TPSA) is 69.6 Å². The van der Waals surface area contributed by atoms with Crippen LogP contribution in [-0.2, 0) is 0 Å². The molecule has 0 amide bonds. The van der Waals surface area contributed by atoms with Gasteiger partial charge in [0.2, 0.25) is 0 Å². The van der Waals surface area contributed by atoms with Crippen molar-refractivity contribution in [3.8, 4) is 11.4 Å². The first kappa shape index (κ1) is 11.1. The fourth-order valence-corrected chi connectivity index (χ4v) is 2.49. The van der Waals surface area contributed by atoms with Gasteiger partial charge in [-0.1, -0.05) is 12.8 Å². The summed E-state index contributed by atoms with van der Waals surface area (Å²) in [6.45, 7) is 0. The summed E-state index contributed by atoms with van der Waals surface area (Å²) in [5, 5.41) is 11.7. The van der Waals surface area contributed by atoms with E-state index in [9.17, 15) is 4.39 Å². The van der Waals surface area contributed by atoms with Crippen LogP contribution in [0.2, 0.25) is 0 Å². The highest BCUT2D eigenvalue weighted by molar-refractivity contribution is 5.71. The number of rotatable bonds is 2. The summed E-state index contributed by atoms with van der Waals surface area (Å²) in [6.07, 6.45) is 4.49. The van der Waals surface area contributed by atoms with Crippen LogP contribution in [0, 0.1) is 5.82 Å². The minimum atomic E-state index is -0.333. The lowest BCUT2D eigenvalue weighted by molar-refractivity contribution is 0.458. The van der Waals surface area contributed by atoms with Gasteiger partial charge in [0.25, 0.3) is 0 Å². The fourth-order valence-electron chi connectivity index (χ4n) is 2.49. The fraction of sp³-hybridized carbons (Fsp3) is 0.417. The van der Waals surface area contributed by atoms with E-state index in [1.165, 1.54) is 25.0 Å². The van der Waals surface area contributed by atoms with Crippen molar-refractivity contribution in [2.24, 2.45) is 0 Å². The molecule has 0 radical (unpaired) electrons. The summed E-state index contributed by atoms with van der Waals surface area (Å²) in [6, 6.07) is 4.56. The molecule has 0 unspecified atom stereocenters. The molecule has 5 nitrogen and oxygen atoms in total. The van der Waals surface area contributed by atoms with E-state index < -0.39 is 0 Å². The zero-order chi connectivity index (χ0) is 12.5. The highest BCUT2D eigenvalue weighted by Crippen LogP contribution is 2.33. The number of hydrogen-bond acceptors (Lipinski definition) is 4. The molecular formula is C12H14FN5. The van der Waals surface area contributed by atoms with Crippen LogP contribution in [0.25, 0.3) is 11.4 Å². The summed E-state index contributed by atoms with van der Waals surface area (Å²) in [7, 11) is 0. The van der Waals surface area contributed by atoms with Crippen molar-refractivity contribution < 1.29 is 4.39 Å². The van der Waals surface area contributed by atoms with E-state index >= 15 is 0 Å². The Kier molecular flexibility index (Phi) is 2.70. The van der Waals surface area contributed by atoms with Crippen LogP contribution in [0.15, 0.2) is 18.2 Å². The molecule has 0 bridgehead atoms. The smallest absolute Gasteiger partial charge is 0.184 e. The Bertz CT molecular complexity index is 559. The molecule has 1 fully saturated rings. The molecule has 2 aromatic rings. The summed E-state index contributed by atoms with van der Waals surface area (Å²) < 4.78 is 15.1. The maximum absolute atomic E-state index is 13.3. The van der Waals surface area contributed by atoms with Gasteiger partial charge >= 0.3 is 0 Å². The number of tetrazole rings is 1. The number of nitrogens with two attached hydrogens (primary N) is 1. The average molecular weight is 247 g/mol. The van der Waals surface area contributed by atoms with Crippen LogP contribution < -0.4 is 5.73 Å². The minimum absolute atomic E-state index is 0.303. The first-order valence-corrected chi connectivity index (χ1v) is 6.09. The number of nitrogens with zero attached hydrogens (tertiary/aromatic N) is 4. The van der Waals surface area contributed by atoms with E-state index in [1.54, 1.807) is 10.7 Å². The molecule has 0 saturated heterocycles. The molecule has 0 aliphatic heterocycles. The first-order valence-electron chi connectivity index (χ1n) is 6.09. The third kappa shape index (κ3) is 1.83. The molecule has 1 aliphatic carbocycles. The summed E-state index contributed by atoms with van der Waals surface area (Å²) in [4.78, 5) is 0. The Morgan fingerprint density at radius 2 is 2.06 bits per heavy atom. The van der Waals surface area contributed by atoms with Gasteiger partial charge in [0.05, 0.1) is 6.04 Å². The first-order chi connectivity index (χ1) is 8.75. The molecule has 94 valence electrons. The quantitative estimate of drug-likeness (QED) is 0.826. The van der Waals surface area contributed by atoms with Gasteiger partial charge in [0.1, 0.15) is 5.82 Å². The predicted molar refractivity (Wildman–Crippen MR) is 65.1 cm³/mol. The van der Waals surface area contributed by atoms with Crippen molar-refractivity contribution in [2.45, 2.75) is 31.7 Å². The van der Waals surface area contributed by atoms with Crippen LogP contribution in [0.3, 0.4) is 0 Å². The largest absolute Gasteiger partial charge is 0.398 e. The normalized spacial score (nSPS) is 16.3. The van der Waals surface area contributed by atoms with Crippen LogP contribution in [0.4, 0.5) is 10.1 Å². The van der Waals surface area contributed by atoms with Gasteiger partial charge in [0, 0.05) is 11.3 Å². The highest BCUT2D eigenvalue weighted by atomic mass is 19.1. The molecule has 1 aromatic heterocycles. The second-order valence-corrected chi connectivity index (χ2v) is 4.62. The van der Waals surface area contributed by atoms with Gasteiger partial charge in [-0.05, 0) is 41.5 Å². The van der Waals surface area contributed by atoms with Gasteiger partial charge in [-0.15, -0.1) is 5.10 Å². The zero-order valence-corrected chi connectivity index (χ0v) is 9.88. The number of anilines is 1. The Labute approximate surface area is 104 Å². The van der Waals surface area contributed by atoms with E-state index in [0.717, 1.165) is 12.8 Å². The van der Waals surface area contributed by atoms with Crippen molar-refractivity contribution in [2.75, 3.05) is 5.73 Å². The van der Waals surface area contributed by atoms with Gasteiger partial charge in [-0.3, -0.25) is 0 Å². The van der Waals surface area contributed by atoms with E-state index in [2.05, 4.69) is 15.5 Å². The van der Waals surface area contributed by atoms with Crippen molar-refractivity contribution in [1.82, 2.24) is 20.2 Å². The molecule has 1 aromatic carbocycles. The lowest BCUT2D eigenvalue weighted by atomic mass is 10.1. The van der Waals surface area contributed by atoms with Crippen molar-refractivity contribution in [3.63, 3.8) is 0 Å². The molecule has 18 heavy (non-hydrogen) atoms. The SMILES string of the molecule is Nc1ccc(F)cc1-c1nnnn1C1CCCC1. The van der Waals surface area contributed by atoms with E-state index in [0.29, 0.717) is 23.1 Å². The van der Waals surface area contributed by atoms with Crippen molar-refractivity contribution in [1.29, 1.82) is 0 Å². The maximum atomic E-state index is 13.3. The summed E-state index contributed by atoms with van der Waals surface area (Å²) in [5.41, 5.74) is 6.93. The third-order valence-corrected chi connectivity index (χ3v) is 3.42. The molecule has 0 atom stereocenters. The standard InChI is InChI=1S/C12H14FN5/c13-8-5-6-11(14)10(7-8)12-15-16-17-18(12)9-3-1-2-4-9/h5-7,9H,1-4,14H2. The molecule has 1 saturated carbocycles. The molecule has 2 N–H and O–H groups in total. The Balaban J connectivity index is 2.06. The Morgan fingerprint density at radius 1 is 1.28 bits per heavy atom. The monoisotopic (exact) mass is 247 g/mol. The molecule has 1 heterocycles. The van der Waals surface area contributed by atoms with Gasteiger partial charge in [-0.25, -0.2) is 9.07 Å². The van der Waals surface area contributed by atoms with E-state index in [1.807, 2.05) is 0 Å². The predicted octanol–water partition coefficient (Wildman–Crippen LogP) is 2.18. The maximum Gasteiger partial charge on any atom is 0.184 e. The molecular weight excluding hydrogens is 233 g/mol. The Morgan fingerprint density at radius 3 is 2.83 bits per heavy atom. The Hall–Kier alpha value is -1.98.